The summed E-state index contributed by atoms with van der Waals surface area (Å²) in [4.78, 5) is 4.46. The Morgan fingerprint density at radius 1 is 1.29 bits per heavy atom. The van der Waals surface area contributed by atoms with E-state index in [9.17, 15) is 0 Å². The maximum Gasteiger partial charge on any atom is 0.0562 e. The highest BCUT2D eigenvalue weighted by molar-refractivity contribution is 5.49. The number of aromatic nitrogens is 3. The Bertz CT molecular complexity index is 623. The van der Waals surface area contributed by atoms with Gasteiger partial charge in [0, 0.05) is 30.7 Å². The van der Waals surface area contributed by atoms with Gasteiger partial charge in [0.05, 0.1) is 6.20 Å². The molecule has 0 bridgehead atoms. The van der Waals surface area contributed by atoms with Crippen LogP contribution in [0.2, 0.25) is 0 Å². The molecule has 0 amide bonds. The first-order chi connectivity index (χ1) is 10.2. The van der Waals surface area contributed by atoms with Gasteiger partial charge < -0.3 is 0 Å². The molecule has 1 unspecified atom stereocenters. The second-order valence-electron chi connectivity index (χ2n) is 5.38. The van der Waals surface area contributed by atoms with Gasteiger partial charge in [-0.1, -0.05) is 38.2 Å². The van der Waals surface area contributed by atoms with Crippen molar-refractivity contribution in [1.29, 1.82) is 0 Å². The van der Waals surface area contributed by atoms with Gasteiger partial charge in [-0.3, -0.25) is 9.67 Å². The molecule has 0 aliphatic heterocycles. The largest absolute Gasteiger partial charge is 0.275 e. The Hall–Kier alpha value is -2.16. The molecule has 21 heavy (non-hydrogen) atoms. The fourth-order valence-electron chi connectivity index (χ4n) is 2.17. The molecule has 2 aromatic rings. The van der Waals surface area contributed by atoms with E-state index < -0.39 is 0 Å². The lowest BCUT2D eigenvalue weighted by Gasteiger charge is -2.06. The standard InChI is InChI=1S/C18H23N3/c1-4-5-6-16-9-10-19-18(12-16)11-15(2)7-8-17-13-20-21(3)14-17/h5-10,12-15H,4,11H2,1-3H3/b6-5+,8-7+. The minimum Gasteiger partial charge on any atom is -0.275 e. The molecule has 0 saturated heterocycles. The summed E-state index contributed by atoms with van der Waals surface area (Å²) < 4.78 is 1.81. The van der Waals surface area contributed by atoms with Crippen molar-refractivity contribution in [2.24, 2.45) is 13.0 Å². The smallest absolute Gasteiger partial charge is 0.0562 e. The molecule has 2 aromatic heterocycles. The molecule has 0 aliphatic carbocycles. The molecule has 0 fully saturated rings. The summed E-state index contributed by atoms with van der Waals surface area (Å²) >= 11 is 0. The molecular weight excluding hydrogens is 258 g/mol. The van der Waals surface area contributed by atoms with E-state index in [1.54, 1.807) is 0 Å². The van der Waals surface area contributed by atoms with Crippen molar-refractivity contribution in [1.82, 2.24) is 14.8 Å². The molecule has 0 spiro atoms. The van der Waals surface area contributed by atoms with Gasteiger partial charge in [-0.2, -0.15) is 5.10 Å². The van der Waals surface area contributed by atoms with Crippen molar-refractivity contribution in [3.05, 3.63) is 59.7 Å². The van der Waals surface area contributed by atoms with Crippen LogP contribution in [0.4, 0.5) is 0 Å². The Balaban J connectivity index is 1.97. The van der Waals surface area contributed by atoms with Crippen molar-refractivity contribution >= 4 is 12.2 Å². The second kappa shape index (κ2) is 7.58. The van der Waals surface area contributed by atoms with E-state index in [0.29, 0.717) is 5.92 Å². The predicted octanol–water partition coefficient (Wildman–Crippen LogP) is 4.13. The molecule has 0 radical (unpaired) electrons. The molecule has 2 rings (SSSR count). The maximum absolute atomic E-state index is 4.46. The molecule has 2 heterocycles. The molecule has 0 saturated carbocycles. The van der Waals surface area contributed by atoms with Crippen LogP contribution in [0, 0.1) is 5.92 Å². The number of aryl methyl sites for hydroxylation is 1. The van der Waals surface area contributed by atoms with E-state index in [4.69, 9.17) is 0 Å². The van der Waals surface area contributed by atoms with Crippen LogP contribution >= 0.6 is 0 Å². The quantitative estimate of drug-likeness (QED) is 0.797. The van der Waals surface area contributed by atoms with E-state index in [1.807, 2.05) is 36.4 Å². The summed E-state index contributed by atoms with van der Waals surface area (Å²) in [6.45, 7) is 4.35. The Morgan fingerprint density at radius 2 is 2.14 bits per heavy atom. The zero-order chi connectivity index (χ0) is 15.1. The van der Waals surface area contributed by atoms with Gasteiger partial charge >= 0.3 is 0 Å². The number of nitrogens with zero attached hydrogens (tertiary/aromatic N) is 3. The lowest BCUT2D eigenvalue weighted by molar-refractivity contribution is 0.709. The maximum atomic E-state index is 4.46. The summed E-state index contributed by atoms with van der Waals surface area (Å²) in [6, 6.07) is 4.21. The van der Waals surface area contributed by atoms with Gasteiger partial charge in [0.25, 0.3) is 0 Å². The van der Waals surface area contributed by atoms with E-state index in [0.717, 1.165) is 24.1 Å². The normalized spacial score (nSPS) is 13.3. The molecule has 0 aromatic carbocycles. The summed E-state index contributed by atoms with van der Waals surface area (Å²) in [6.07, 6.45) is 16.4. The van der Waals surface area contributed by atoms with Crippen molar-refractivity contribution in [2.45, 2.75) is 26.7 Å². The molecule has 0 N–H and O–H groups in total. The fourth-order valence-corrected chi connectivity index (χ4v) is 2.17. The third kappa shape index (κ3) is 5.03. The van der Waals surface area contributed by atoms with Gasteiger partial charge in [-0.15, -0.1) is 0 Å². The van der Waals surface area contributed by atoms with Crippen LogP contribution in [0.3, 0.4) is 0 Å². The van der Waals surface area contributed by atoms with Crippen molar-refractivity contribution in [3.8, 4) is 0 Å². The first-order valence-electron chi connectivity index (χ1n) is 7.45. The number of rotatable bonds is 6. The predicted molar refractivity (Wildman–Crippen MR) is 88.7 cm³/mol. The number of hydrogen-bond donors (Lipinski definition) is 0. The Labute approximate surface area is 127 Å². The highest BCUT2D eigenvalue weighted by Gasteiger charge is 2.02. The highest BCUT2D eigenvalue weighted by atomic mass is 15.2. The van der Waals surface area contributed by atoms with Crippen molar-refractivity contribution < 1.29 is 0 Å². The summed E-state index contributed by atoms with van der Waals surface area (Å²) in [7, 11) is 1.93. The minimum atomic E-state index is 0.447. The Kier molecular flexibility index (Phi) is 5.50. The van der Waals surface area contributed by atoms with E-state index in [1.165, 1.54) is 5.56 Å². The molecule has 0 aliphatic rings. The topological polar surface area (TPSA) is 30.7 Å². The van der Waals surface area contributed by atoms with Crippen LogP contribution in [-0.4, -0.2) is 14.8 Å². The lowest BCUT2D eigenvalue weighted by atomic mass is 10.0. The van der Waals surface area contributed by atoms with Crippen LogP contribution in [0.5, 0.6) is 0 Å². The van der Waals surface area contributed by atoms with Crippen LogP contribution in [0.15, 0.2) is 42.9 Å². The first-order valence-corrected chi connectivity index (χ1v) is 7.45. The SMILES string of the molecule is CC/C=C/c1ccnc(CC(C)/C=C/c2cnn(C)c2)c1. The van der Waals surface area contributed by atoms with E-state index in [2.05, 4.69) is 54.3 Å². The van der Waals surface area contributed by atoms with E-state index >= 15 is 0 Å². The average Bonchev–Trinajstić information content (AvgIpc) is 2.89. The van der Waals surface area contributed by atoms with Gasteiger partial charge in [0.2, 0.25) is 0 Å². The molecule has 3 heteroatoms. The van der Waals surface area contributed by atoms with Gasteiger partial charge in [-0.05, 0) is 36.5 Å². The molecule has 1 atom stereocenters. The Morgan fingerprint density at radius 3 is 2.86 bits per heavy atom. The number of pyridine rings is 1. The number of hydrogen-bond acceptors (Lipinski definition) is 2. The third-order valence-electron chi connectivity index (χ3n) is 3.26. The summed E-state index contributed by atoms with van der Waals surface area (Å²) in [5.74, 6) is 0.447. The molecular formula is C18H23N3. The van der Waals surface area contributed by atoms with Crippen LogP contribution < -0.4 is 0 Å². The van der Waals surface area contributed by atoms with Crippen LogP contribution in [0.1, 0.15) is 37.1 Å². The average molecular weight is 281 g/mol. The zero-order valence-corrected chi connectivity index (χ0v) is 13.0. The monoisotopic (exact) mass is 281 g/mol. The second-order valence-corrected chi connectivity index (χ2v) is 5.38. The molecule has 3 nitrogen and oxygen atoms in total. The van der Waals surface area contributed by atoms with Gasteiger partial charge in [-0.25, -0.2) is 0 Å². The number of allylic oxidation sites excluding steroid dienone is 2. The van der Waals surface area contributed by atoms with Gasteiger partial charge in [0.1, 0.15) is 0 Å². The van der Waals surface area contributed by atoms with Crippen molar-refractivity contribution in [3.63, 3.8) is 0 Å². The van der Waals surface area contributed by atoms with Crippen molar-refractivity contribution in [2.75, 3.05) is 0 Å². The van der Waals surface area contributed by atoms with E-state index in [-0.39, 0.29) is 0 Å². The van der Waals surface area contributed by atoms with Crippen LogP contribution in [0.25, 0.3) is 12.2 Å². The zero-order valence-electron chi connectivity index (χ0n) is 13.0. The third-order valence-corrected chi connectivity index (χ3v) is 3.26. The minimum absolute atomic E-state index is 0.447. The van der Waals surface area contributed by atoms with Gasteiger partial charge in [0.15, 0.2) is 0 Å². The fraction of sp³-hybridized carbons (Fsp3) is 0.333. The summed E-state index contributed by atoms with van der Waals surface area (Å²) in [5, 5.41) is 4.16. The summed E-state index contributed by atoms with van der Waals surface area (Å²) in [5.41, 5.74) is 3.50. The van der Waals surface area contributed by atoms with Crippen LogP contribution in [-0.2, 0) is 13.5 Å². The first kappa shape index (κ1) is 15.2. The molecule has 110 valence electrons. The highest BCUT2D eigenvalue weighted by Crippen LogP contribution is 2.12. The lowest BCUT2D eigenvalue weighted by Crippen LogP contribution is -1.98.